The molecule has 2 N–H and O–H groups in total. The van der Waals surface area contributed by atoms with Crippen molar-refractivity contribution in [2.45, 2.75) is 6.92 Å². The SMILES string of the molecule is Cc1cc([N+](=O)[O-])ccc1N(C)CCN. The number of benzene rings is 1. The van der Waals surface area contributed by atoms with Crippen molar-refractivity contribution in [1.29, 1.82) is 0 Å². The Kier molecular flexibility index (Phi) is 3.62. The largest absolute Gasteiger partial charge is 0.373 e. The lowest BCUT2D eigenvalue weighted by Gasteiger charge is -2.20. The van der Waals surface area contributed by atoms with E-state index >= 15 is 0 Å². The molecule has 0 saturated carbocycles. The molecular weight excluding hydrogens is 194 g/mol. The van der Waals surface area contributed by atoms with Gasteiger partial charge in [0, 0.05) is 38.0 Å². The molecule has 0 radical (unpaired) electrons. The predicted octanol–water partition coefficient (Wildman–Crippen LogP) is 1.30. The highest BCUT2D eigenvalue weighted by Gasteiger charge is 2.09. The van der Waals surface area contributed by atoms with Gasteiger partial charge in [-0.25, -0.2) is 0 Å². The number of nitro benzene ring substituents is 1. The molecule has 82 valence electrons. The molecule has 0 aliphatic rings. The van der Waals surface area contributed by atoms with E-state index in [-0.39, 0.29) is 10.6 Å². The highest BCUT2D eigenvalue weighted by molar-refractivity contribution is 5.56. The summed E-state index contributed by atoms with van der Waals surface area (Å²) in [6.45, 7) is 3.15. The zero-order chi connectivity index (χ0) is 11.4. The third-order valence-electron chi connectivity index (χ3n) is 2.27. The summed E-state index contributed by atoms with van der Waals surface area (Å²) in [7, 11) is 1.92. The molecule has 0 aliphatic heterocycles. The summed E-state index contributed by atoms with van der Waals surface area (Å²) in [5.74, 6) is 0. The Hall–Kier alpha value is -1.62. The van der Waals surface area contributed by atoms with E-state index in [0.717, 1.165) is 17.8 Å². The Morgan fingerprint density at radius 3 is 2.67 bits per heavy atom. The molecule has 0 atom stereocenters. The van der Waals surface area contributed by atoms with E-state index in [4.69, 9.17) is 5.73 Å². The maximum atomic E-state index is 10.5. The van der Waals surface area contributed by atoms with Crippen LogP contribution in [0, 0.1) is 17.0 Å². The number of hydrogen-bond acceptors (Lipinski definition) is 4. The highest BCUT2D eigenvalue weighted by atomic mass is 16.6. The minimum atomic E-state index is -0.389. The number of nitrogens with zero attached hydrogens (tertiary/aromatic N) is 2. The molecule has 0 unspecified atom stereocenters. The van der Waals surface area contributed by atoms with Gasteiger partial charge in [0.1, 0.15) is 0 Å². The van der Waals surface area contributed by atoms with Crippen LogP contribution >= 0.6 is 0 Å². The summed E-state index contributed by atoms with van der Waals surface area (Å²) >= 11 is 0. The van der Waals surface area contributed by atoms with Gasteiger partial charge >= 0.3 is 0 Å². The van der Waals surface area contributed by atoms with Crippen molar-refractivity contribution in [3.63, 3.8) is 0 Å². The van der Waals surface area contributed by atoms with Gasteiger partial charge in [-0.05, 0) is 18.6 Å². The van der Waals surface area contributed by atoms with E-state index < -0.39 is 0 Å². The van der Waals surface area contributed by atoms with Crippen LogP contribution in [-0.2, 0) is 0 Å². The summed E-state index contributed by atoms with van der Waals surface area (Å²) < 4.78 is 0. The maximum Gasteiger partial charge on any atom is 0.269 e. The molecule has 0 fully saturated rings. The molecule has 5 nitrogen and oxygen atoms in total. The number of aryl methyl sites for hydroxylation is 1. The molecule has 0 heterocycles. The number of nitrogens with two attached hydrogens (primary N) is 1. The number of hydrogen-bond donors (Lipinski definition) is 1. The van der Waals surface area contributed by atoms with Crippen LogP contribution in [0.4, 0.5) is 11.4 Å². The molecule has 1 rings (SSSR count). The van der Waals surface area contributed by atoms with Crippen LogP contribution < -0.4 is 10.6 Å². The van der Waals surface area contributed by atoms with E-state index in [0.29, 0.717) is 6.54 Å². The molecule has 0 amide bonds. The molecule has 0 aromatic heterocycles. The van der Waals surface area contributed by atoms with Crippen LogP contribution in [0.1, 0.15) is 5.56 Å². The molecule has 1 aromatic rings. The zero-order valence-electron chi connectivity index (χ0n) is 8.93. The van der Waals surface area contributed by atoms with Crippen molar-refractivity contribution in [2.75, 3.05) is 25.0 Å². The fraction of sp³-hybridized carbons (Fsp3) is 0.400. The van der Waals surface area contributed by atoms with E-state index in [1.807, 2.05) is 18.9 Å². The van der Waals surface area contributed by atoms with Crippen molar-refractivity contribution in [2.24, 2.45) is 5.73 Å². The third-order valence-corrected chi connectivity index (χ3v) is 2.27. The van der Waals surface area contributed by atoms with Crippen molar-refractivity contribution in [1.82, 2.24) is 0 Å². The van der Waals surface area contributed by atoms with Gasteiger partial charge < -0.3 is 10.6 Å². The number of likely N-dealkylation sites (N-methyl/N-ethyl adjacent to an activating group) is 1. The van der Waals surface area contributed by atoms with Gasteiger partial charge in [-0.3, -0.25) is 10.1 Å². The quantitative estimate of drug-likeness (QED) is 0.599. The van der Waals surface area contributed by atoms with Crippen LogP contribution in [0.15, 0.2) is 18.2 Å². The highest BCUT2D eigenvalue weighted by Crippen LogP contribution is 2.23. The smallest absolute Gasteiger partial charge is 0.269 e. The lowest BCUT2D eigenvalue weighted by Crippen LogP contribution is -2.25. The lowest BCUT2D eigenvalue weighted by molar-refractivity contribution is -0.384. The average Bonchev–Trinajstić information content (AvgIpc) is 2.17. The first-order valence-electron chi connectivity index (χ1n) is 4.72. The second-order valence-electron chi connectivity index (χ2n) is 3.44. The minimum Gasteiger partial charge on any atom is -0.373 e. The van der Waals surface area contributed by atoms with Crippen LogP contribution in [0.2, 0.25) is 0 Å². The lowest BCUT2D eigenvalue weighted by atomic mass is 10.1. The molecule has 0 spiro atoms. The van der Waals surface area contributed by atoms with Crippen LogP contribution in [0.3, 0.4) is 0 Å². The Morgan fingerprint density at radius 2 is 2.20 bits per heavy atom. The fourth-order valence-corrected chi connectivity index (χ4v) is 1.50. The van der Waals surface area contributed by atoms with Gasteiger partial charge in [0.25, 0.3) is 5.69 Å². The Bertz CT molecular complexity index is 366. The second kappa shape index (κ2) is 4.75. The normalized spacial score (nSPS) is 10.1. The van der Waals surface area contributed by atoms with E-state index in [9.17, 15) is 10.1 Å². The monoisotopic (exact) mass is 209 g/mol. The topological polar surface area (TPSA) is 72.4 Å². The van der Waals surface area contributed by atoms with Crippen molar-refractivity contribution >= 4 is 11.4 Å². The number of non-ortho nitro benzene ring substituents is 1. The van der Waals surface area contributed by atoms with Crippen LogP contribution in [0.25, 0.3) is 0 Å². The minimum absolute atomic E-state index is 0.123. The van der Waals surface area contributed by atoms with Crippen molar-refractivity contribution in [3.8, 4) is 0 Å². The average molecular weight is 209 g/mol. The van der Waals surface area contributed by atoms with E-state index in [1.54, 1.807) is 12.1 Å². The molecule has 1 aromatic carbocycles. The Morgan fingerprint density at radius 1 is 1.53 bits per heavy atom. The molecule has 0 aliphatic carbocycles. The Balaban J connectivity index is 2.97. The first kappa shape index (κ1) is 11.5. The summed E-state index contributed by atoms with van der Waals surface area (Å²) in [4.78, 5) is 12.1. The van der Waals surface area contributed by atoms with Crippen LogP contribution in [0.5, 0.6) is 0 Å². The molecule has 0 saturated heterocycles. The molecule has 15 heavy (non-hydrogen) atoms. The van der Waals surface area contributed by atoms with Gasteiger partial charge in [0.2, 0.25) is 0 Å². The van der Waals surface area contributed by atoms with Gasteiger partial charge in [-0.15, -0.1) is 0 Å². The van der Waals surface area contributed by atoms with Gasteiger partial charge in [-0.2, -0.15) is 0 Å². The number of rotatable bonds is 4. The molecular formula is C10H15N3O2. The Labute approximate surface area is 88.6 Å². The van der Waals surface area contributed by atoms with Crippen molar-refractivity contribution in [3.05, 3.63) is 33.9 Å². The summed E-state index contributed by atoms with van der Waals surface area (Å²) in [6, 6.07) is 4.83. The first-order valence-corrected chi connectivity index (χ1v) is 4.72. The second-order valence-corrected chi connectivity index (χ2v) is 3.44. The zero-order valence-corrected chi connectivity index (χ0v) is 8.93. The van der Waals surface area contributed by atoms with Gasteiger partial charge in [-0.1, -0.05) is 0 Å². The third kappa shape index (κ3) is 2.66. The van der Waals surface area contributed by atoms with Crippen LogP contribution in [-0.4, -0.2) is 25.1 Å². The number of anilines is 1. The first-order chi connectivity index (χ1) is 7.06. The predicted molar refractivity (Wildman–Crippen MR) is 60.2 cm³/mol. The summed E-state index contributed by atoms with van der Waals surface area (Å²) in [5, 5.41) is 10.5. The molecule has 0 bridgehead atoms. The van der Waals surface area contributed by atoms with Gasteiger partial charge in [0.15, 0.2) is 0 Å². The summed E-state index contributed by atoms with van der Waals surface area (Å²) in [5.41, 5.74) is 7.43. The number of nitro groups is 1. The van der Waals surface area contributed by atoms with E-state index in [2.05, 4.69) is 0 Å². The maximum absolute atomic E-state index is 10.5. The standard InChI is InChI=1S/C10H15N3O2/c1-8-7-9(13(14)15)3-4-10(8)12(2)6-5-11/h3-4,7H,5-6,11H2,1-2H3. The van der Waals surface area contributed by atoms with Gasteiger partial charge in [0.05, 0.1) is 4.92 Å². The van der Waals surface area contributed by atoms with Crippen molar-refractivity contribution < 1.29 is 4.92 Å². The summed E-state index contributed by atoms with van der Waals surface area (Å²) in [6.07, 6.45) is 0. The van der Waals surface area contributed by atoms with E-state index in [1.165, 1.54) is 6.07 Å². The molecule has 5 heteroatoms. The fourth-order valence-electron chi connectivity index (χ4n) is 1.50.